The van der Waals surface area contributed by atoms with Crippen LogP contribution in [0, 0.1) is 17.0 Å². The molecule has 1 fully saturated rings. The third-order valence-corrected chi connectivity index (χ3v) is 4.44. The Balaban J connectivity index is 1.89. The van der Waals surface area contributed by atoms with Crippen LogP contribution < -0.4 is 10.6 Å². The van der Waals surface area contributed by atoms with Crippen LogP contribution in [0.1, 0.15) is 17.8 Å². The lowest BCUT2D eigenvalue weighted by Crippen LogP contribution is -2.29. The molecule has 1 unspecified atom stereocenters. The fraction of sp³-hybridized carbons (Fsp3) is 0.462. The maximum atomic E-state index is 11.2. The molecule has 2 heterocycles. The zero-order valence-corrected chi connectivity index (χ0v) is 12.0. The summed E-state index contributed by atoms with van der Waals surface area (Å²) in [6.45, 7) is 3.64. The Kier molecular flexibility index (Phi) is 3.54. The van der Waals surface area contributed by atoms with E-state index in [9.17, 15) is 10.1 Å². The number of benzene rings is 1. The number of fused-ring (bicyclic) bond motifs is 1. The van der Waals surface area contributed by atoms with Crippen LogP contribution in [0.15, 0.2) is 12.1 Å². The Labute approximate surface area is 120 Å². The lowest BCUT2D eigenvalue weighted by Gasteiger charge is -2.12. The van der Waals surface area contributed by atoms with Gasteiger partial charge in [-0.15, -0.1) is 11.3 Å². The second kappa shape index (κ2) is 5.34. The molecule has 0 saturated carbocycles. The molecule has 0 spiro atoms. The number of aryl methyl sites for hydroxylation is 1. The molecule has 1 aromatic carbocycles. The third kappa shape index (κ3) is 2.59. The summed E-state index contributed by atoms with van der Waals surface area (Å²) in [5.74, 6) is 0. The Morgan fingerprint density at radius 3 is 3.15 bits per heavy atom. The molecule has 2 aromatic rings. The molecule has 1 aliphatic heterocycles. The Morgan fingerprint density at radius 1 is 1.60 bits per heavy atom. The predicted octanol–water partition coefficient (Wildman–Crippen LogP) is 2.68. The van der Waals surface area contributed by atoms with Gasteiger partial charge in [-0.3, -0.25) is 10.1 Å². The van der Waals surface area contributed by atoms with E-state index in [0.717, 1.165) is 28.2 Å². The van der Waals surface area contributed by atoms with Crippen molar-refractivity contribution in [3.63, 3.8) is 0 Å². The van der Waals surface area contributed by atoms with Gasteiger partial charge in [0.05, 0.1) is 20.1 Å². The van der Waals surface area contributed by atoms with Gasteiger partial charge in [0, 0.05) is 18.7 Å². The second-order valence-corrected chi connectivity index (χ2v) is 6.24. The van der Waals surface area contributed by atoms with Crippen molar-refractivity contribution in [2.24, 2.45) is 0 Å². The monoisotopic (exact) mass is 292 g/mol. The van der Waals surface area contributed by atoms with Crippen molar-refractivity contribution in [2.45, 2.75) is 25.8 Å². The summed E-state index contributed by atoms with van der Waals surface area (Å²) in [7, 11) is 0. The van der Waals surface area contributed by atoms with Crippen molar-refractivity contribution in [3.05, 3.63) is 27.3 Å². The van der Waals surface area contributed by atoms with Crippen LogP contribution in [-0.4, -0.2) is 29.0 Å². The van der Waals surface area contributed by atoms with Crippen molar-refractivity contribution >= 4 is 32.9 Å². The smallest absolute Gasteiger partial charge is 0.293 e. The average Bonchev–Trinajstić information content (AvgIpc) is 3.02. The largest absolute Gasteiger partial charge is 0.378 e. The zero-order chi connectivity index (χ0) is 14.1. The number of hydrogen-bond donors (Lipinski definition) is 2. The Morgan fingerprint density at radius 2 is 2.45 bits per heavy atom. The minimum Gasteiger partial charge on any atom is -0.378 e. The summed E-state index contributed by atoms with van der Waals surface area (Å²) in [5.41, 5.74) is 1.50. The molecular formula is C13H16N4O2S. The van der Waals surface area contributed by atoms with Gasteiger partial charge in [0.2, 0.25) is 0 Å². The lowest BCUT2D eigenvalue weighted by molar-refractivity contribution is -0.383. The van der Waals surface area contributed by atoms with Crippen molar-refractivity contribution in [1.29, 1.82) is 0 Å². The first-order valence-electron chi connectivity index (χ1n) is 6.66. The van der Waals surface area contributed by atoms with Gasteiger partial charge in [-0.25, -0.2) is 4.98 Å². The van der Waals surface area contributed by atoms with E-state index >= 15 is 0 Å². The van der Waals surface area contributed by atoms with Gasteiger partial charge in [0.1, 0.15) is 5.69 Å². The molecule has 0 amide bonds. The SMILES string of the molecule is Cc1nc2cc(NCC3CCCN3)c([N+](=O)[O-])cc2s1. The van der Waals surface area contributed by atoms with Gasteiger partial charge in [0.15, 0.2) is 0 Å². The van der Waals surface area contributed by atoms with E-state index < -0.39 is 0 Å². The average molecular weight is 292 g/mol. The molecule has 106 valence electrons. The first-order valence-corrected chi connectivity index (χ1v) is 7.48. The molecule has 3 rings (SSSR count). The highest BCUT2D eigenvalue weighted by Gasteiger charge is 2.19. The van der Waals surface area contributed by atoms with Gasteiger partial charge >= 0.3 is 0 Å². The number of nitro groups is 1. The third-order valence-electron chi connectivity index (χ3n) is 3.51. The van der Waals surface area contributed by atoms with Crippen LogP contribution in [0.4, 0.5) is 11.4 Å². The summed E-state index contributed by atoms with van der Waals surface area (Å²) >= 11 is 1.48. The standard InChI is InChI=1S/C13H16N4O2S/c1-8-16-11-5-10(15-7-9-3-2-4-14-9)12(17(18)19)6-13(11)20-8/h5-6,9,14-15H,2-4,7H2,1H3. The Hall–Kier alpha value is -1.73. The van der Waals surface area contributed by atoms with E-state index in [1.54, 1.807) is 12.1 Å². The zero-order valence-electron chi connectivity index (χ0n) is 11.2. The fourth-order valence-corrected chi connectivity index (χ4v) is 3.38. The number of anilines is 1. The second-order valence-electron chi connectivity index (χ2n) is 5.00. The summed E-state index contributed by atoms with van der Waals surface area (Å²) < 4.78 is 0.860. The fourth-order valence-electron chi connectivity index (χ4n) is 2.54. The summed E-state index contributed by atoms with van der Waals surface area (Å²) in [6, 6.07) is 3.79. The minimum absolute atomic E-state index is 0.124. The quantitative estimate of drug-likeness (QED) is 0.669. The number of nitrogens with zero attached hydrogens (tertiary/aromatic N) is 2. The number of nitro benzene ring substituents is 1. The van der Waals surface area contributed by atoms with Crippen LogP contribution >= 0.6 is 11.3 Å². The van der Waals surface area contributed by atoms with E-state index in [1.165, 1.54) is 17.8 Å². The van der Waals surface area contributed by atoms with Gasteiger partial charge in [-0.2, -0.15) is 0 Å². The Bertz CT molecular complexity index is 649. The van der Waals surface area contributed by atoms with Crippen LogP contribution in [0.5, 0.6) is 0 Å². The normalized spacial score (nSPS) is 18.6. The first kappa shape index (κ1) is 13.3. The van der Waals surface area contributed by atoms with Crippen LogP contribution in [0.25, 0.3) is 10.2 Å². The number of hydrogen-bond acceptors (Lipinski definition) is 6. The van der Waals surface area contributed by atoms with E-state index in [-0.39, 0.29) is 10.6 Å². The topological polar surface area (TPSA) is 80.1 Å². The number of rotatable bonds is 4. The highest BCUT2D eigenvalue weighted by Crippen LogP contribution is 2.33. The predicted molar refractivity (Wildman–Crippen MR) is 80.5 cm³/mol. The van der Waals surface area contributed by atoms with Crippen molar-refractivity contribution in [2.75, 3.05) is 18.4 Å². The first-order chi connectivity index (χ1) is 9.63. The summed E-state index contributed by atoms with van der Waals surface area (Å²) in [5, 5.41) is 18.7. The molecule has 2 N–H and O–H groups in total. The summed E-state index contributed by atoms with van der Waals surface area (Å²) in [4.78, 5) is 15.3. The van der Waals surface area contributed by atoms with Crippen molar-refractivity contribution in [3.8, 4) is 0 Å². The van der Waals surface area contributed by atoms with Crippen LogP contribution in [0.3, 0.4) is 0 Å². The van der Waals surface area contributed by atoms with E-state index in [0.29, 0.717) is 18.3 Å². The maximum Gasteiger partial charge on any atom is 0.293 e. The van der Waals surface area contributed by atoms with Crippen molar-refractivity contribution in [1.82, 2.24) is 10.3 Å². The molecule has 1 saturated heterocycles. The molecule has 0 bridgehead atoms. The van der Waals surface area contributed by atoms with Crippen molar-refractivity contribution < 1.29 is 4.92 Å². The number of thiazole rings is 1. The number of nitrogens with one attached hydrogen (secondary N) is 2. The highest BCUT2D eigenvalue weighted by atomic mass is 32.1. The van der Waals surface area contributed by atoms with Gasteiger partial charge in [-0.1, -0.05) is 0 Å². The minimum atomic E-state index is -0.334. The van der Waals surface area contributed by atoms with E-state index in [4.69, 9.17) is 0 Å². The molecule has 0 aliphatic carbocycles. The van der Waals surface area contributed by atoms with E-state index in [1.807, 2.05) is 6.92 Å². The van der Waals surface area contributed by atoms with Gasteiger partial charge in [-0.05, 0) is 32.4 Å². The van der Waals surface area contributed by atoms with Crippen LogP contribution in [-0.2, 0) is 0 Å². The van der Waals surface area contributed by atoms with E-state index in [2.05, 4.69) is 15.6 Å². The maximum absolute atomic E-state index is 11.2. The van der Waals surface area contributed by atoms with Gasteiger partial charge < -0.3 is 10.6 Å². The lowest BCUT2D eigenvalue weighted by atomic mass is 10.2. The molecule has 1 atom stereocenters. The molecule has 1 aliphatic rings. The molecule has 7 heteroatoms. The molecule has 1 aromatic heterocycles. The molecule has 6 nitrogen and oxygen atoms in total. The summed E-state index contributed by atoms with van der Waals surface area (Å²) in [6.07, 6.45) is 2.28. The molecule has 0 radical (unpaired) electrons. The van der Waals surface area contributed by atoms with Crippen LogP contribution in [0.2, 0.25) is 0 Å². The highest BCUT2D eigenvalue weighted by molar-refractivity contribution is 7.18. The molecular weight excluding hydrogens is 276 g/mol. The number of aromatic nitrogens is 1. The van der Waals surface area contributed by atoms with Gasteiger partial charge in [0.25, 0.3) is 5.69 Å². The molecule has 20 heavy (non-hydrogen) atoms.